The summed E-state index contributed by atoms with van der Waals surface area (Å²) in [6, 6.07) is 15.4. The monoisotopic (exact) mass is 360 g/mol. The zero-order valence-electron chi connectivity index (χ0n) is 14.5. The van der Waals surface area contributed by atoms with Crippen molar-refractivity contribution in [2.75, 3.05) is 25.0 Å². The highest BCUT2D eigenvalue weighted by molar-refractivity contribution is 5.92. The van der Waals surface area contributed by atoms with Gasteiger partial charge in [0, 0.05) is 5.69 Å². The molecule has 0 aromatic heterocycles. The standard InChI is InChI=1S/C20H24N2O2.ClH/c1-16-5-9-18(10-6-16)24-19-11-7-17(8-12-19)21-20(23)15-22-13-3-2-4-14-22;/h5-12H,2-4,13-15H2,1H3,(H,21,23);1H. The third-order valence-electron chi connectivity index (χ3n) is 4.21. The first-order chi connectivity index (χ1) is 11.7. The summed E-state index contributed by atoms with van der Waals surface area (Å²) in [5.41, 5.74) is 2.00. The second-order valence-electron chi connectivity index (χ2n) is 6.32. The maximum Gasteiger partial charge on any atom is 0.238 e. The Morgan fingerprint density at radius 2 is 1.52 bits per heavy atom. The van der Waals surface area contributed by atoms with E-state index in [4.69, 9.17) is 4.74 Å². The molecule has 1 N–H and O–H groups in total. The number of nitrogens with one attached hydrogen (secondary N) is 1. The van der Waals surface area contributed by atoms with Crippen LogP contribution in [0.3, 0.4) is 0 Å². The number of amides is 1. The number of hydrogen-bond donors (Lipinski definition) is 1. The van der Waals surface area contributed by atoms with Crippen LogP contribution in [0.2, 0.25) is 0 Å². The molecule has 3 rings (SSSR count). The molecule has 1 amide bonds. The highest BCUT2D eigenvalue weighted by Crippen LogP contribution is 2.23. The van der Waals surface area contributed by atoms with Gasteiger partial charge in [-0.3, -0.25) is 9.69 Å². The molecule has 2 aromatic rings. The fourth-order valence-corrected chi connectivity index (χ4v) is 2.87. The average Bonchev–Trinajstić information content (AvgIpc) is 2.59. The number of nitrogens with zero attached hydrogens (tertiary/aromatic N) is 1. The summed E-state index contributed by atoms with van der Waals surface area (Å²) in [5.74, 6) is 1.61. The lowest BCUT2D eigenvalue weighted by molar-refractivity contribution is -0.117. The molecule has 0 unspecified atom stereocenters. The van der Waals surface area contributed by atoms with Gasteiger partial charge in [0.2, 0.25) is 5.91 Å². The van der Waals surface area contributed by atoms with Crippen molar-refractivity contribution in [2.45, 2.75) is 26.2 Å². The van der Waals surface area contributed by atoms with Crippen LogP contribution in [0.25, 0.3) is 0 Å². The Labute approximate surface area is 155 Å². The van der Waals surface area contributed by atoms with Gasteiger partial charge >= 0.3 is 0 Å². The van der Waals surface area contributed by atoms with Crippen molar-refractivity contribution in [1.82, 2.24) is 4.90 Å². The van der Waals surface area contributed by atoms with E-state index in [0.717, 1.165) is 30.3 Å². The number of aryl methyl sites for hydroxylation is 1. The summed E-state index contributed by atoms with van der Waals surface area (Å²) in [6.45, 7) is 4.57. The Morgan fingerprint density at radius 1 is 0.960 bits per heavy atom. The van der Waals surface area contributed by atoms with Crippen molar-refractivity contribution < 1.29 is 9.53 Å². The maximum atomic E-state index is 12.1. The fourth-order valence-electron chi connectivity index (χ4n) is 2.87. The zero-order valence-corrected chi connectivity index (χ0v) is 15.3. The first-order valence-corrected chi connectivity index (χ1v) is 8.56. The molecule has 0 aliphatic carbocycles. The van der Waals surface area contributed by atoms with Gasteiger partial charge in [0.05, 0.1) is 6.54 Å². The van der Waals surface area contributed by atoms with Gasteiger partial charge in [-0.15, -0.1) is 12.4 Å². The normalized spacial score (nSPS) is 14.4. The van der Waals surface area contributed by atoms with E-state index in [1.807, 2.05) is 55.5 Å². The van der Waals surface area contributed by atoms with E-state index in [2.05, 4.69) is 10.2 Å². The Hall–Kier alpha value is -2.04. The predicted octanol–water partition coefficient (Wildman–Crippen LogP) is 4.63. The molecule has 0 radical (unpaired) electrons. The number of ether oxygens (including phenoxy) is 1. The molecule has 134 valence electrons. The van der Waals surface area contributed by atoms with Gasteiger partial charge in [0.25, 0.3) is 0 Å². The van der Waals surface area contributed by atoms with Gasteiger partial charge in [-0.25, -0.2) is 0 Å². The molecule has 0 saturated carbocycles. The number of hydrogen-bond acceptors (Lipinski definition) is 3. The molecule has 1 heterocycles. The molecule has 1 fully saturated rings. The van der Waals surface area contributed by atoms with E-state index in [1.54, 1.807) is 0 Å². The maximum absolute atomic E-state index is 12.1. The zero-order chi connectivity index (χ0) is 16.8. The lowest BCUT2D eigenvalue weighted by Crippen LogP contribution is -2.36. The van der Waals surface area contributed by atoms with Gasteiger partial charge in [-0.2, -0.15) is 0 Å². The number of halogens is 1. The number of benzene rings is 2. The predicted molar refractivity (Wildman–Crippen MR) is 104 cm³/mol. The van der Waals surface area contributed by atoms with Crippen molar-refractivity contribution in [3.63, 3.8) is 0 Å². The van der Waals surface area contributed by atoms with E-state index < -0.39 is 0 Å². The van der Waals surface area contributed by atoms with Gasteiger partial charge in [0.15, 0.2) is 0 Å². The molecule has 0 atom stereocenters. The van der Waals surface area contributed by atoms with E-state index in [0.29, 0.717) is 6.54 Å². The molecular formula is C20H25ClN2O2. The Balaban J connectivity index is 0.00000225. The van der Waals surface area contributed by atoms with E-state index in [-0.39, 0.29) is 18.3 Å². The number of carbonyl (C=O) groups excluding carboxylic acids is 1. The van der Waals surface area contributed by atoms with E-state index in [1.165, 1.54) is 24.8 Å². The third kappa shape index (κ3) is 6.07. The number of likely N-dealkylation sites (tertiary alicyclic amines) is 1. The number of piperidine rings is 1. The van der Waals surface area contributed by atoms with Gasteiger partial charge < -0.3 is 10.1 Å². The largest absolute Gasteiger partial charge is 0.457 e. The second-order valence-corrected chi connectivity index (χ2v) is 6.32. The summed E-state index contributed by atoms with van der Waals surface area (Å²) < 4.78 is 5.79. The molecule has 25 heavy (non-hydrogen) atoms. The van der Waals surface area contributed by atoms with Gasteiger partial charge in [0.1, 0.15) is 11.5 Å². The van der Waals surface area contributed by atoms with E-state index in [9.17, 15) is 4.79 Å². The minimum absolute atomic E-state index is 0. The second kappa shape index (κ2) is 9.44. The molecule has 4 nitrogen and oxygen atoms in total. The van der Waals surface area contributed by atoms with Crippen LogP contribution < -0.4 is 10.1 Å². The molecule has 1 saturated heterocycles. The smallest absolute Gasteiger partial charge is 0.238 e. The minimum atomic E-state index is 0. The Morgan fingerprint density at radius 3 is 2.12 bits per heavy atom. The Bertz CT molecular complexity index is 665. The molecule has 0 spiro atoms. The highest BCUT2D eigenvalue weighted by atomic mass is 35.5. The van der Waals surface area contributed by atoms with Crippen LogP contribution in [-0.2, 0) is 4.79 Å². The van der Waals surface area contributed by atoms with Crippen molar-refractivity contribution >= 4 is 24.0 Å². The lowest BCUT2D eigenvalue weighted by atomic mass is 10.1. The molecular weight excluding hydrogens is 336 g/mol. The van der Waals surface area contributed by atoms with Crippen molar-refractivity contribution in [1.29, 1.82) is 0 Å². The summed E-state index contributed by atoms with van der Waals surface area (Å²) in [7, 11) is 0. The molecule has 0 bridgehead atoms. The summed E-state index contributed by atoms with van der Waals surface area (Å²) in [6.07, 6.45) is 3.66. The summed E-state index contributed by atoms with van der Waals surface area (Å²) in [4.78, 5) is 14.3. The van der Waals surface area contributed by atoms with Crippen LogP contribution in [0.5, 0.6) is 11.5 Å². The average molecular weight is 361 g/mol. The van der Waals surface area contributed by atoms with Crippen LogP contribution in [0, 0.1) is 6.92 Å². The van der Waals surface area contributed by atoms with E-state index >= 15 is 0 Å². The third-order valence-corrected chi connectivity index (χ3v) is 4.21. The van der Waals surface area contributed by atoms with Crippen LogP contribution >= 0.6 is 12.4 Å². The highest BCUT2D eigenvalue weighted by Gasteiger charge is 2.13. The first kappa shape index (κ1) is 19.3. The minimum Gasteiger partial charge on any atom is -0.457 e. The van der Waals surface area contributed by atoms with Gasteiger partial charge in [-0.05, 0) is 69.3 Å². The topological polar surface area (TPSA) is 41.6 Å². The molecule has 1 aliphatic rings. The number of rotatable bonds is 5. The number of carbonyl (C=O) groups is 1. The van der Waals surface area contributed by atoms with Crippen molar-refractivity contribution in [3.8, 4) is 11.5 Å². The van der Waals surface area contributed by atoms with Crippen LogP contribution in [0.1, 0.15) is 24.8 Å². The lowest BCUT2D eigenvalue weighted by Gasteiger charge is -2.25. The SMILES string of the molecule is Cc1ccc(Oc2ccc(NC(=O)CN3CCCCC3)cc2)cc1.Cl. The van der Waals surface area contributed by atoms with Crippen molar-refractivity contribution in [2.24, 2.45) is 0 Å². The summed E-state index contributed by atoms with van der Waals surface area (Å²) in [5, 5.41) is 2.95. The van der Waals surface area contributed by atoms with Crippen LogP contribution in [-0.4, -0.2) is 30.4 Å². The number of anilines is 1. The first-order valence-electron chi connectivity index (χ1n) is 8.56. The molecule has 5 heteroatoms. The molecule has 1 aliphatic heterocycles. The van der Waals surface area contributed by atoms with Crippen LogP contribution in [0.4, 0.5) is 5.69 Å². The fraction of sp³-hybridized carbons (Fsp3) is 0.350. The Kier molecular flexibility index (Phi) is 7.29. The quantitative estimate of drug-likeness (QED) is 0.844. The van der Waals surface area contributed by atoms with Gasteiger partial charge in [-0.1, -0.05) is 24.1 Å². The van der Waals surface area contributed by atoms with Crippen LogP contribution in [0.15, 0.2) is 48.5 Å². The summed E-state index contributed by atoms with van der Waals surface area (Å²) >= 11 is 0. The molecule has 2 aromatic carbocycles. The van der Waals surface area contributed by atoms with Crippen molar-refractivity contribution in [3.05, 3.63) is 54.1 Å².